The summed E-state index contributed by atoms with van der Waals surface area (Å²) in [6.45, 7) is 8.94. The molecule has 1 aromatic heterocycles. The fourth-order valence-corrected chi connectivity index (χ4v) is 4.82. The number of ether oxygens (including phenoxy) is 1. The van der Waals surface area contributed by atoms with Crippen molar-refractivity contribution in [1.82, 2.24) is 20.0 Å². The van der Waals surface area contributed by atoms with Crippen LogP contribution in [0.15, 0.2) is 60.8 Å². The molecule has 0 bridgehead atoms. The van der Waals surface area contributed by atoms with Gasteiger partial charge >= 0.3 is 0 Å². The molecule has 2 heterocycles. The fourth-order valence-electron chi connectivity index (χ4n) is 4.82. The molecule has 2 aromatic carbocycles. The standard InChI is InChI=1S/C27H36N4O/c1-3-30(21-25-18-28-29-27(25)24-11-5-4-6-12-24)19-23-10-8-15-31(20-23)16-14-22-9-7-13-26(17-22)32-2/h4-7,9,11-13,17-18,23H,3,8,10,14-16,19-21H2,1-2H3,(H,28,29). The lowest BCUT2D eigenvalue weighted by Gasteiger charge is -2.35. The molecule has 1 aliphatic rings. The Hall–Kier alpha value is -2.63. The van der Waals surface area contributed by atoms with Crippen LogP contribution >= 0.6 is 0 Å². The molecule has 0 aliphatic carbocycles. The van der Waals surface area contributed by atoms with Crippen molar-refractivity contribution < 1.29 is 4.74 Å². The van der Waals surface area contributed by atoms with Crippen molar-refractivity contribution >= 4 is 0 Å². The topological polar surface area (TPSA) is 44.4 Å². The molecule has 4 rings (SSSR count). The van der Waals surface area contributed by atoms with Crippen LogP contribution in [0.25, 0.3) is 11.3 Å². The fraction of sp³-hybridized carbons (Fsp3) is 0.444. The Morgan fingerprint density at radius 1 is 1.16 bits per heavy atom. The molecule has 170 valence electrons. The van der Waals surface area contributed by atoms with Crippen LogP contribution in [-0.4, -0.2) is 59.8 Å². The Morgan fingerprint density at radius 3 is 2.84 bits per heavy atom. The molecule has 1 saturated heterocycles. The zero-order chi connectivity index (χ0) is 22.2. The third-order valence-electron chi connectivity index (χ3n) is 6.59. The largest absolute Gasteiger partial charge is 0.497 e. The molecule has 3 aromatic rings. The second kappa shape index (κ2) is 11.3. The van der Waals surface area contributed by atoms with Crippen LogP contribution in [0, 0.1) is 5.92 Å². The average Bonchev–Trinajstić information content (AvgIpc) is 3.31. The van der Waals surface area contributed by atoms with Gasteiger partial charge in [-0.25, -0.2) is 0 Å². The Bertz CT molecular complexity index is 955. The van der Waals surface area contributed by atoms with Gasteiger partial charge in [0.15, 0.2) is 0 Å². The van der Waals surface area contributed by atoms with Crippen LogP contribution in [-0.2, 0) is 13.0 Å². The number of rotatable bonds is 10. The van der Waals surface area contributed by atoms with Crippen molar-refractivity contribution in [2.24, 2.45) is 5.92 Å². The second-order valence-electron chi connectivity index (χ2n) is 8.87. The van der Waals surface area contributed by atoms with E-state index in [4.69, 9.17) is 4.74 Å². The predicted molar refractivity (Wildman–Crippen MR) is 131 cm³/mol. The summed E-state index contributed by atoms with van der Waals surface area (Å²) in [7, 11) is 1.74. The zero-order valence-corrected chi connectivity index (χ0v) is 19.5. The Balaban J connectivity index is 1.31. The summed E-state index contributed by atoms with van der Waals surface area (Å²) in [6.07, 6.45) is 5.69. The van der Waals surface area contributed by atoms with E-state index in [1.807, 2.05) is 12.3 Å². The molecule has 1 fully saturated rings. The summed E-state index contributed by atoms with van der Waals surface area (Å²) < 4.78 is 5.37. The Kier molecular flexibility index (Phi) is 7.97. The van der Waals surface area contributed by atoms with Crippen LogP contribution in [0.3, 0.4) is 0 Å². The first-order chi connectivity index (χ1) is 15.7. The van der Waals surface area contributed by atoms with Gasteiger partial charge in [-0.3, -0.25) is 10.00 Å². The van der Waals surface area contributed by atoms with Crippen molar-refractivity contribution in [2.45, 2.75) is 32.7 Å². The van der Waals surface area contributed by atoms with Gasteiger partial charge in [0.25, 0.3) is 0 Å². The zero-order valence-electron chi connectivity index (χ0n) is 19.5. The van der Waals surface area contributed by atoms with E-state index < -0.39 is 0 Å². The molecule has 5 heteroatoms. The minimum absolute atomic E-state index is 0.723. The van der Waals surface area contributed by atoms with Crippen molar-refractivity contribution in [2.75, 3.05) is 39.8 Å². The van der Waals surface area contributed by atoms with E-state index in [0.29, 0.717) is 0 Å². The number of benzene rings is 2. The van der Waals surface area contributed by atoms with Gasteiger partial charge < -0.3 is 9.64 Å². The van der Waals surface area contributed by atoms with Gasteiger partial charge in [0, 0.05) is 31.7 Å². The number of piperidine rings is 1. The van der Waals surface area contributed by atoms with Crippen molar-refractivity contribution in [3.63, 3.8) is 0 Å². The summed E-state index contributed by atoms with van der Waals surface area (Å²) >= 11 is 0. The minimum Gasteiger partial charge on any atom is -0.497 e. The summed E-state index contributed by atoms with van der Waals surface area (Å²) in [5.74, 6) is 1.67. The number of H-pyrrole nitrogens is 1. The number of hydrogen-bond donors (Lipinski definition) is 1. The normalized spacial score (nSPS) is 17.0. The Labute approximate surface area is 192 Å². The molecule has 5 nitrogen and oxygen atoms in total. The monoisotopic (exact) mass is 432 g/mol. The first-order valence-electron chi connectivity index (χ1n) is 11.9. The highest BCUT2D eigenvalue weighted by Gasteiger charge is 2.22. The number of hydrogen-bond acceptors (Lipinski definition) is 4. The van der Waals surface area contributed by atoms with Crippen LogP contribution < -0.4 is 4.74 Å². The molecule has 1 N–H and O–H groups in total. The number of nitrogens with one attached hydrogen (secondary N) is 1. The van der Waals surface area contributed by atoms with Crippen LogP contribution in [0.1, 0.15) is 30.9 Å². The number of methoxy groups -OCH3 is 1. The molecule has 0 saturated carbocycles. The molecule has 1 atom stereocenters. The van der Waals surface area contributed by atoms with Gasteiger partial charge in [-0.2, -0.15) is 5.10 Å². The molecule has 1 unspecified atom stereocenters. The van der Waals surface area contributed by atoms with E-state index in [0.717, 1.165) is 50.0 Å². The quantitative estimate of drug-likeness (QED) is 0.497. The molecular formula is C27H36N4O. The maximum Gasteiger partial charge on any atom is 0.119 e. The molecular weight excluding hydrogens is 396 g/mol. The Morgan fingerprint density at radius 2 is 2.03 bits per heavy atom. The summed E-state index contributed by atoms with van der Waals surface area (Å²) in [5.41, 5.74) is 4.99. The highest BCUT2D eigenvalue weighted by Crippen LogP contribution is 2.24. The SMILES string of the molecule is CCN(Cc1cn[nH]c1-c1ccccc1)CC1CCCN(CCc2cccc(OC)c2)C1. The molecule has 32 heavy (non-hydrogen) atoms. The number of likely N-dealkylation sites (tertiary alicyclic amines) is 1. The van der Waals surface area contributed by atoms with Crippen LogP contribution in [0.5, 0.6) is 5.75 Å². The third-order valence-corrected chi connectivity index (χ3v) is 6.59. The van der Waals surface area contributed by atoms with Gasteiger partial charge in [-0.1, -0.05) is 49.4 Å². The summed E-state index contributed by atoms with van der Waals surface area (Å²) in [6, 6.07) is 19.0. The molecule has 0 radical (unpaired) electrons. The van der Waals surface area contributed by atoms with E-state index in [1.54, 1.807) is 7.11 Å². The van der Waals surface area contributed by atoms with E-state index in [9.17, 15) is 0 Å². The van der Waals surface area contributed by atoms with Crippen LogP contribution in [0.4, 0.5) is 0 Å². The maximum atomic E-state index is 5.37. The third kappa shape index (κ3) is 5.99. The molecule has 0 amide bonds. The second-order valence-corrected chi connectivity index (χ2v) is 8.87. The van der Waals surface area contributed by atoms with Gasteiger partial charge in [-0.05, 0) is 61.5 Å². The summed E-state index contributed by atoms with van der Waals surface area (Å²) in [5, 5.41) is 7.55. The highest BCUT2D eigenvalue weighted by molar-refractivity contribution is 5.62. The maximum absolute atomic E-state index is 5.37. The molecule has 1 aliphatic heterocycles. The number of aromatic amines is 1. The lowest BCUT2D eigenvalue weighted by molar-refractivity contribution is 0.133. The summed E-state index contributed by atoms with van der Waals surface area (Å²) in [4.78, 5) is 5.22. The van der Waals surface area contributed by atoms with Crippen molar-refractivity contribution in [3.8, 4) is 17.0 Å². The van der Waals surface area contributed by atoms with E-state index in [-0.39, 0.29) is 0 Å². The lowest BCUT2D eigenvalue weighted by Crippen LogP contribution is -2.41. The highest BCUT2D eigenvalue weighted by atomic mass is 16.5. The lowest BCUT2D eigenvalue weighted by atomic mass is 9.96. The van der Waals surface area contributed by atoms with Crippen molar-refractivity contribution in [1.29, 1.82) is 0 Å². The average molecular weight is 433 g/mol. The van der Waals surface area contributed by atoms with Gasteiger partial charge in [0.05, 0.1) is 19.0 Å². The van der Waals surface area contributed by atoms with Crippen LogP contribution in [0.2, 0.25) is 0 Å². The van der Waals surface area contributed by atoms with E-state index in [2.05, 4.69) is 75.5 Å². The van der Waals surface area contributed by atoms with Gasteiger partial charge in [0.1, 0.15) is 5.75 Å². The first-order valence-corrected chi connectivity index (χ1v) is 11.9. The van der Waals surface area contributed by atoms with Gasteiger partial charge in [-0.15, -0.1) is 0 Å². The van der Waals surface area contributed by atoms with Gasteiger partial charge in [0.2, 0.25) is 0 Å². The van der Waals surface area contributed by atoms with E-state index >= 15 is 0 Å². The molecule has 0 spiro atoms. The predicted octanol–water partition coefficient (Wildman–Crippen LogP) is 4.86. The van der Waals surface area contributed by atoms with Crippen molar-refractivity contribution in [3.05, 3.63) is 71.9 Å². The first kappa shape index (κ1) is 22.6. The van der Waals surface area contributed by atoms with E-state index in [1.165, 1.54) is 42.6 Å². The number of aromatic nitrogens is 2. The smallest absolute Gasteiger partial charge is 0.119 e. The number of nitrogens with zero attached hydrogens (tertiary/aromatic N) is 3. The minimum atomic E-state index is 0.723.